The maximum Gasteiger partial charge on any atom is 0.416 e. The Morgan fingerprint density at radius 2 is 2.05 bits per heavy atom. The van der Waals surface area contributed by atoms with Crippen LogP contribution >= 0.6 is 0 Å². The Morgan fingerprint density at radius 1 is 1.33 bits per heavy atom. The van der Waals surface area contributed by atoms with Crippen LogP contribution in [-0.2, 0) is 6.18 Å². The highest BCUT2D eigenvalue weighted by molar-refractivity contribution is 5.52. The largest absolute Gasteiger partial charge is 0.416 e. The molecule has 0 aliphatic carbocycles. The normalized spacial score (nSPS) is 19.6. The predicted octanol–water partition coefficient (Wildman–Crippen LogP) is 3.84. The van der Waals surface area contributed by atoms with Gasteiger partial charge in [0.15, 0.2) is 0 Å². The van der Waals surface area contributed by atoms with Crippen molar-refractivity contribution in [3.8, 4) is 0 Å². The van der Waals surface area contributed by atoms with Crippen LogP contribution in [0.4, 0.5) is 18.9 Å². The fraction of sp³-hybridized carbons (Fsp3) is 0.625. The van der Waals surface area contributed by atoms with Crippen LogP contribution in [0.2, 0.25) is 0 Å². The Morgan fingerprint density at radius 3 is 2.67 bits per heavy atom. The standard InChI is InChI=1S/C16H23F3N2/c1-11(2)20-9-13-6-7-21(10-13)14-5-4-12(3)15(8-14)16(17,18)19/h4-5,8,11,13,20H,6-7,9-10H2,1-3H3. The maximum absolute atomic E-state index is 13.0. The van der Waals surface area contributed by atoms with Gasteiger partial charge in [-0.15, -0.1) is 0 Å². The fourth-order valence-electron chi connectivity index (χ4n) is 2.75. The summed E-state index contributed by atoms with van der Waals surface area (Å²) in [6, 6.07) is 5.09. The van der Waals surface area contributed by atoms with E-state index < -0.39 is 11.7 Å². The lowest BCUT2D eigenvalue weighted by molar-refractivity contribution is -0.138. The van der Waals surface area contributed by atoms with Crippen molar-refractivity contribution >= 4 is 5.69 Å². The molecule has 2 rings (SSSR count). The minimum Gasteiger partial charge on any atom is -0.371 e. The van der Waals surface area contributed by atoms with E-state index in [0.717, 1.165) is 26.1 Å². The first-order valence-electron chi connectivity index (χ1n) is 7.43. The van der Waals surface area contributed by atoms with Gasteiger partial charge in [0.1, 0.15) is 0 Å². The number of benzene rings is 1. The molecule has 2 nitrogen and oxygen atoms in total. The van der Waals surface area contributed by atoms with E-state index in [1.807, 2.05) is 0 Å². The summed E-state index contributed by atoms with van der Waals surface area (Å²) in [5.41, 5.74) is 0.437. The Hall–Kier alpha value is -1.23. The number of hydrogen-bond acceptors (Lipinski definition) is 2. The molecule has 1 N–H and O–H groups in total. The van der Waals surface area contributed by atoms with E-state index >= 15 is 0 Å². The first kappa shape index (κ1) is 16.1. The molecule has 1 unspecified atom stereocenters. The summed E-state index contributed by atoms with van der Waals surface area (Å²) in [4.78, 5) is 2.06. The van der Waals surface area contributed by atoms with Gasteiger partial charge in [0.25, 0.3) is 0 Å². The van der Waals surface area contributed by atoms with Gasteiger partial charge in [0.2, 0.25) is 0 Å². The molecule has 1 aromatic rings. The molecule has 1 aliphatic heterocycles. The molecule has 0 radical (unpaired) electrons. The highest BCUT2D eigenvalue weighted by Gasteiger charge is 2.33. The molecule has 118 valence electrons. The summed E-state index contributed by atoms with van der Waals surface area (Å²) in [5, 5.41) is 3.40. The Labute approximate surface area is 124 Å². The van der Waals surface area contributed by atoms with E-state index in [1.165, 1.54) is 13.0 Å². The molecule has 1 atom stereocenters. The Bertz CT molecular complexity index is 483. The van der Waals surface area contributed by atoms with E-state index in [4.69, 9.17) is 0 Å². The van der Waals surface area contributed by atoms with Crippen LogP contribution in [0.5, 0.6) is 0 Å². The second kappa shape index (κ2) is 6.26. The second-order valence-corrected chi connectivity index (χ2v) is 6.16. The molecule has 21 heavy (non-hydrogen) atoms. The van der Waals surface area contributed by atoms with Crippen molar-refractivity contribution in [2.24, 2.45) is 5.92 Å². The number of hydrogen-bond donors (Lipinski definition) is 1. The van der Waals surface area contributed by atoms with Crippen LogP contribution in [0.25, 0.3) is 0 Å². The van der Waals surface area contributed by atoms with Crippen molar-refractivity contribution in [1.82, 2.24) is 5.32 Å². The summed E-state index contributed by atoms with van der Waals surface area (Å²) in [5.74, 6) is 0.503. The number of aryl methyl sites for hydroxylation is 1. The molecule has 1 aliphatic rings. The van der Waals surface area contributed by atoms with Gasteiger partial charge in [-0.05, 0) is 43.5 Å². The third-order valence-corrected chi connectivity index (χ3v) is 3.99. The lowest BCUT2D eigenvalue weighted by atomic mass is 10.1. The monoisotopic (exact) mass is 300 g/mol. The third kappa shape index (κ3) is 4.13. The lowest BCUT2D eigenvalue weighted by Crippen LogP contribution is -2.30. The van der Waals surface area contributed by atoms with Gasteiger partial charge in [-0.1, -0.05) is 19.9 Å². The highest BCUT2D eigenvalue weighted by atomic mass is 19.4. The molecule has 1 fully saturated rings. The van der Waals surface area contributed by atoms with Gasteiger partial charge in [-0.25, -0.2) is 0 Å². The Balaban J connectivity index is 2.06. The van der Waals surface area contributed by atoms with Gasteiger partial charge in [-0.2, -0.15) is 13.2 Å². The number of alkyl halides is 3. The quantitative estimate of drug-likeness (QED) is 0.909. The minimum absolute atomic E-state index is 0.281. The number of halogens is 3. The molecular weight excluding hydrogens is 277 g/mol. The van der Waals surface area contributed by atoms with E-state index in [-0.39, 0.29) is 5.56 Å². The van der Waals surface area contributed by atoms with E-state index in [1.54, 1.807) is 12.1 Å². The Kier molecular flexibility index (Phi) is 4.81. The molecule has 1 aromatic carbocycles. The second-order valence-electron chi connectivity index (χ2n) is 6.16. The van der Waals surface area contributed by atoms with Crippen molar-refractivity contribution < 1.29 is 13.2 Å². The number of nitrogens with zero attached hydrogens (tertiary/aromatic N) is 1. The molecule has 0 spiro atoms. The fourth-order valence-corrected chi connectivity index (χ4v) is 2.75. The molecule has 5 heteroatoms. The van der Waals surface area contributed by atoms with E-state index in [9.17, 15) is 13.2 Å². The summed E-state index contributed by atoms with van der Waals surface area (Å²) in [6.45, 7) is 8.27. The van der Waals surface area contributed by atoms with E-state index in [2.05, 4.69) is 24.1 Å². The minimum atomic E-state index is -4.28. The van der Waals surface area contributed by atoms with Crippen molar-refractivity contribution in [2.45, 2.75) is 39.4 Å². The van der Waals surface area contributed by atoms with Crippen molar-refractivity contribution in [1.29, 1.82) is 0 Å². The molecule has 0 saturated carbocycles. The van der Waals surface area contributed by atoms with E-state index in [0.29, 0.717) is 17.6 Å². The van der Waals surface area contributed by atoms with Gasteiger partial charge < -0.3 is 10.2 Å². The zero-order valence-electron chi connectivity index (χ0n) is 12.8. The number of nitrogens with one attached hydrogen (secondary N) is 1. The molecule has 0 bridgehead atoms. The average molecular weight is 300 g/mol. The smallest absolute Gasteiger partial charge is 0.371 e. The molecule has 0 aromatic heterocycles. The zero-order chi connectivity index (χ0) is 15.6. The summed E-state index contributed by atoms with van der Waals surface area (Å²) in [7, 11) is 0. The lowest BCUT2D eigenvalue weighted by Gasteiger charge is -2.21. The predicted molar refractivity (Wildman–Crippen MR) is 79.6 cm³/mol. The van der Waals surface area contributed by atoms with Crippen LogP contribution in [-0.4, -0.2) is 25.7 Å². The average Bonchev–Trinajstić information content (AvgIpc) is 2.84. The molecule has 1 saturated heterocycles. The van der Waals surface area contributed by atoms with Crippen LogP contribution in [0.15, 0.2) is 18.2 Å². The van der Waals surface area contributed by atoms with Crippen molar-refractivity contribution in [3.05, 3.63) is 29.3 Å². The summed E-state index contributed by atoms with van der Waals surface area (Å²) >= 11 is 0. The molecule has 1 heterocycles. The van der Waals surface area contributed by atoms with Crippen LogP contribution < -0.4 is 10.2 Å². The zero-order valence-corrected chi connectivity index (χ0v) is 12.8. The van der Waals surface area contributed by atoms with Gasteiger partial charge >= 0.3 is 6.18 Å². The summed E-state index contributed by atoms with van der Waals surface area (Å²) < 4.78 is 38.9. The van der Waals surface area contributed by atoms with Crippen LogP contribution in [0.1, 0.15) is 31.4 Å². The van der Waals surface area contributed by atoms with Crippen LogP contribution in [0.3, 0.4) is 0 Å². The van der Waals surface area contributed by atoms with Gasteiger partial charge in [0.05, 0.1) is 5.56 Å². The number of rotatable bonds is 4. The van der Waals surface area contributed by atoms with Gasteiger partial charge in [0, 0.05) is 24.8 Å². The SMILES string of the molecule is Cc1ccc(N2CCC(CNC(C)C)C2)cc1C(F)(F)F. The van der Waals surface area contributed by atoms with Crippen molar-refractivity contribution in [3.63, 3.8) is 0 Å². The highest BCUT2D eigenvalue weighted by Crippen LogP contribution is 2.35. The first-order chi connectivity index (χ1) is 9.77. The van der Waals surface area contributed by atoms with Crippen LogP contribution in [0, 0.1) is 12.8 Å². The van der Waals surface area contributed by atoms with Gasteiger partial charge in [-0.3, -0.25) is 0 Å². The third-order valence-electron chi connectivity index (χ3n) is 3.99. The first-order valence-corrected chi connectivity index (χ1v) is 7.43. The number of anilines is 1. The topological polar surface area (TPSA) is 15.3 Å². The summed E-state index contributed by atoms with van der Waals surface area (Å²) in [6.07, 6.45) is -3.26. The van der Waals surface area contributed by atoms with Crippen molar-refractivity contribution in [2.75, 3.05) is 24.5 Å². The molecular formula is C16H23F3N2. The maximum atomic E-state index is 13.0. The molecule has 0 amide bonds.